The Morgan fingerprint density at radius 3 is 1.87 bits per heavy atom. The second kappa shape index (κ2) is 16.0. The van der Waals surface area contributed by atoms with Gasteiger partial charge in [-0.05, 0) is 68.0 Å². The molecule has 0 bridgehead atoms. The van der Waals surface area contributed by atoms with Gasteiger partial charge in [-0.3, -0.25) is 9.59 Å². The molecule has 0 aliphatic carbocycles. The summed E-state index contributed by atoms with van der Waals surface area (Å²) >= 11 is 0. The standard InChI is InChI=1S/C34H39N3O8/c1-34(2,3)45-33(44)37-27(17-18-29(38)36-28(32(42)43)20-22-7-5-4-6-8-22)30(39)35-21-25-11-9-23(10-12-25)19-24-13-15-26(16-14-24)31(40)41/h4-16,27-28H,17-21H2,1-3H3,(H,35,39)(H,36,38)(H,37,44)(H,40,41)(H,42,43). The van der Waals surface area contributed by atoms with Crippen LogP contribution in [0.1, 0.15) is 66.2 Å². The van der Waals surface area contributed by atoms with Gasteiger partial charge in [-0.15, -0.1) is 0 Å². The molecule has 238 valence electrons. The summed E-state index contributed by atoms with van der Waals surface area (Å²) in [7, 11) is 0. The third-order valence-electron chi connectivity index (χ3n) is 6.68. The van der Waals surface area contributed by atoms with E-state index in [1.54, 1.807) is 69.3 Å². The van der Waals surface area contributed by atoms with Gasteiger partial charge in [0.05, 0.1) is 5.56 Å². The fraction of sp³-hybridized carbons (Fsp3) is 0.324. The summed E-state index contributed by atoms with van der Waals surface area (Å²) in [6.45, 7) is 5.21. The van der Waals surface area contributed by atoms with Crippen LogP contribution in [0.2, 0.25) is 0 Å². The number of aliphatic carboxylic acids is 1. The Hall–Kier alpha value is -5.19. The van der Waals surface area contributed by atoms with Gasteiger partial charge >= 0.3 is 18.0 Å². The SMILES string of the molecule is CC(C)(C)OC(=O)NC(CCC(=O)NC(Cc1ccccc1)C(=O)O)C(=O)NCc1ccc(Cc2ccc(C(=O)O)cc2)cc1. The molecule has 2 unspecified atom stereocenters. The molecule has 3 rings (SSSR count). The quantitative estimate of drug-likeness (QED) is 0.180. The maximum absolute atomic E-state index is 13.1. The van der Waals surface area contributed by atoms with Gasteiger partial charge in [0.15, 0.2) is 0 Å². The van der Waals surface area contributed by atoms with Crippen LogP contribution in [0.3, 0.4) is 0 Å². The summed E-state index contributed by atoms with van der Waals surface area (Å²) in [6.07, 6.45) is -0.429. The van der Waals surface area contributed by atoms with Gasteiger partial charge in [0.2, 0.25) is 11.8 Å². The summed E-state index contributed by atoms with van der Waals surface area (Å²) in [6, 6.07) is 20.8. The summed E-state index contributed by atoms with van der Waals surface area (Å²) < 4.78 is 5.29. The first-order valence-corrected chi connectivity index (χ1v) is 14.5. The van der Waals surface area contributed by atoms with Crippen molar-refractivity contribution < 1.29 is 38.9 Å². The number of rotatable bonds is 14. The van der Waals surface area contributed by atoms with Crippen LogP contribution in [-0.2, 0) is 38.5 Å². The van der Waals surface area contributed by atoms with E-state index in [9.17, 15) is 29.1 Å². The third-order valence-corrected chi connectivity index (χ3v) is 6.68. The van der Waals surface area contributed by atoms with E-state index in [2.05, 4.69) is 16.0 Å². The molecule has 0 heterocycles. The smallest absolute Gasteiger partial charge is 0.408 e. The zero-order valence-electron chi connectivity index (χ0n) is 25.5. The van der Waals surface area contributed by atoms with Crippen LogP contribution in [0.15, 0.2) is 78.9 Å². The highest BCUT2D eigenvalue weighted by molar-refractivity contribution is 5.88. The first kappa shape index (κ1) is 34.3. The van der Waals surface area contributed by atoms with Crippen molar-refractivity contribution in [2.45, 2.75) is 70.7 Å². The summed E-state index contributed by atoms with van der Waals surface area (Å²) in [4.78, 5) is 61.1. The van der Waals surface area contributed by atoms with Crippen molar-refractivity contribution in [2.75, 3.05) is 0 Å². The first-order chi connectivity index (χ1) is 21.3. The molecular formula is C34H39N3O8. The fourth-order valence-corrected chi connectivity index (χ4v) is 4.40. The lowest BCUT2D eigenvalue weighted by Crippen LogP contribution is -2.49. The van der Waals surface area contributed by atoms with E-state index in [-0.39, 0.29) is 31.4 Å². The number of alkyl carbamates (subject to hydrolysis) is 1. The van der Waals surface area contributed by atoms with Crippen LogP contribution >= 0.6 is 0 Å². The number of carbonyl (C=O) groups excluding carboxylic acids is 3. The Labute approximate surface area is 262 Å². The molecule has 0 aliphatic rings. The lowest BCUT2D eigenvalue weighted by Gasteiger charge is -2.23. The predicted octanol–water partition coefficient (Wildman–Crippen LogP) is 4.08. The van der Waals surface area contributed by atoms with E-state index in [1.165, 1.54) is 0 Å². The molecule has 11 nitrogen and oxygen atoms in total. The predicted molar refractivity (Wildman–Crippen MR) is 167 cm³/mol. The number of hydrogen-bond acceptors (Lipinski definition) is 6. The molecule has 0 radical (unpaired) electrons. The number of carboxylic acids is 2. The molecule has 5 N–H and O–H groups in total. The normalized spacial score (nSPS) is 12.3. The Bertz CT molecular complexity index is 1470. The van der Waals surface area contributed by atoms with Crippen molar-refractivity contribution in [1.29, 1.82) is 0 Å². The largest absolute Gasteiger partial charge is 0.480 e. The zero-order chi connectivity index (χ0) is 33.0. The highest BCUT2D eigenvalue weighted by Gasteiger charge is 2.26. The molecule has 3 amide bonds. The maximum atomic E-state index is 13.1. The molecular weight excluding hydrogens is 578 g/mol. The van der Waals surface area contributed by atoms with Gasteiger partial charge in [-0.1, -0.05) is 66.7 Å². The minimum Gasteiger partial charge on any atom is -0.480 e. The topological polar surface area (TPSA) is 171 Å². The Balaban J connectivity index is 1.59. The van der Waals surface area contributed by atoms with Crippen LogP contribution in [0.25, 0.3) is 0 Å². The van der Waals surface area contributed by atoms with E-state index < -0.39 is 47.5 Å². The molecule has 2 atom stereocenters. The molecule has 0 saturated heterocycles. The average molecular weight is 618 g/mol. The van der Waals surface area contributed by atoms with Crippen molar-refractivity contribution in [3.05, 3.63) is 107 Å². The highest BCUT2D eigenvalue weighted by Crippen LogP contribution is 2.13. The minimum absolute atomic E-state index is 0.0891. The van der Waals surface area contributed by atoms with E-state index in [1.807, 2.05) is 30.3 Å². The van der Waals surface area contributed by atoms with Crippen LogP contribution < -0.4 is 16.0 Å². The summed E-state index contributed by atoms with van der Waals surface area (Å²) in [5, 5.41) is 26.5. The van der Waals surface area contributed by atoms with Crippen molar-refractivity contribution in [3.63, 3.8) is 0 Å². The second-order valence-corrected chi connectivity index (χ2v) is 11.6. The van der Waals surface area contributed by atoms with Crippen LogP contribution in [0.5, 0.6) is 0 Å². The van der Waals surface area contributed by atoms with Crippen molar-refractivity contribution in [1.82, 2.24) is 16.0 Å². The van der Waals surface area contributed by atoms with Crippen molar-refractivity contribution in [3.8, 4) is 0 Å². The average Bonchev–Trinajstić information content (AvgIpc) is 2.98. The van der Waals surface area contributed by atoms with E-state index in [0.29, 0.717) is 6.42 Å². The van der Waals surface area contributed by atoms with Crippen LogP contribution in [-0.4, -0.2) is 57.7 Å². The number of ether oxygens (including phenoxy) is 1. The van der Waals surface area contributed by atoms with Crippen molar-refractivity contribution >= 4 is 29.8 Å². The molecule has 0 aliphatic heterocycles. The van der Waals surface area contributed by atoms with Gasteiger partial charge in [0, 0.05) is 19.4 Å². The number of aromatic carboxylic acids is 1. The van der Waals surface area contributed by atoms with E-state index in [0.717, 1.165) is 22.3 Å². The lowest BCUT2D eigenvalue weighted by atomic mass is 10.0. The monoisotopic (exact) mass is 617 g/mol. The second-order valence-electron chi connectivity index (χ2n) is 11.6. The van der Waals surface area contributed by atoms with Gasteiger partial charge in [-0.25, -0.2) is 14.4 Å². The zero-order valence-corrected chi connectivity index (χ0v) is 25.5. The Kier molecular flexibility index (Phi) is 12.2. The lowest BCUT2D eigenvalue weighted by molar-refractivity contribution is -0.141. The minimum atomic E-state index is -1.18. The summed E-state index contributed by atoms with van der Waals surface area (Å²) in [5.74, 6) is -3.27. The number of amides is 3. The molecule has 3 aromatic carbocycles. The van der Waals surface area contributed by atoms with Crippen LogP contribution in [0.4, 0.5) is 4.79 Å². The highest BCUT2D eigenvalue weighted by atomic mass is 16.6. The van der Waals surface area contributed by atoms with Gasteiger partial charge in [-0.2, -0.15) is 0 Å². The molecule has 45 heavy (non-hydrogen) atoms. The van der Waals surface area contributed by atoms with Crippen molar-refractivity contribution in [2.24, 2.45) is 0 Å². The first-order valence-electron chi connectivity index (χ1n) is 14.5. The molecule has 11 heteroatoms. The number of nitrogens with one attached hydrogen (secondary N) is 3. The third kappa shape index (κ3) is 12.1. The summed E-state index contributed by atoms with van der Waals surface area (Å²) in [5.41, 5.74) is 2.90. The van der Waals surface area contributed by atoms with Gasteiger partial charge < -0.3 is 30.9 Å². The Morgan fingerprint density at radius 2 is 1.31 bits per heavy atom. The van der Waals surface area contributed by atoms with E-state index >= 15 is 0 Å². The van der Waals surface area contributed by atoms with E-state index in [4.69, 9.17) is 9.84 Å². The molecule has 0 aromatic heterocycles. The number of benzene rings is 3. The van der Waals surface area contributed by atoms with Gasteiger partial charge in [0.25, 0.3) is 0 Å². The molecule has 0 spiro atoms. The van der Waals surface area contributed by atoms with Gasteiger partial charge in [0.1, 0.15) is 17.7 Å². The molecule has 0 saturated carbocycles. The number of carboxylic acid groups (broad SMARTS) is 2. The van der Waals surface area contributed by atoms with Crippen LogP contribution in [0, 0.1) is 0 Å². The molecule has 3 aromatic rings. The number of hydrogen-bond donors (Lipinski definition) is 5. The molecule has 0 fully saturated rings. The fourth-order valence-electron chi connectivity index (χ4n) is 4.40. The maximum Gasteiger partial charge on any atom is 0.408 e. The Morgan fingerprint density at radius 1 is 0.733 bits per heavy atom. The number of carbonyl (C=O) groups is 5.